The normalized spacial score (nSPS) is 16.5. The first-order valence-electron chi connectivity index (χ1n) is 13.3. The van der Waals surface area contributed by atoms with Crippen LogP contribution in [0.4, 0.5) is 17.6 Å². The summed E-state index contributed by atoms with van der Waals surface area (Å²) in [4.78, 5) is 6.48. The number of fused-ring (bicyclic) bond motifs is 1. The molecule has 7 nitrogen and oxygen atoms in total. The van der Waals surface area contributed by atoms with E-state index < -0.39 is 17.6 Å². The third kappa shape index (κ3) is 5.34. The highest BCUT2D eigenvalue weighted by Gasteiger charge is 2.36. The van der Waals surface area contributed by atoms with Crippen LogP contribution >= 0.6 is 0 Å². The van der Waals surface area contributed by atoms with E-state index in [-0.39, 0.29) is 36.2 Å². The average Bonchev–Trinajstić information content (AvgIpc) is 3.58. The van der Waals surface area contributed by atoms with Gasteiger partial charge >= 0.3 is 6.18 Å². The van der Waals surface area contributed by atoms with Crippen molar-refractivity contribution in [3.8, 4) is 34.0 Å². The van der Waals surface area contributed by atoms with Gasteiger partial charge in [0.2, 0.25) is 5.89 Å². The van der Waals surface area contributed by atoms with Crippen molar-refractivity contribution in [1.82, 2.24) is 24.6 Å². The third-order valence-corrected chi connectivity index (χ3v) is 7.56. The van der Waals surface area contributed by atoms with Crippen LogP contribution in [0.3, 0.4) is 0 Å². The molecule has 1 fully saturated rings. The number of likely N-dealkylation sites (tertiary alicyclic amines) is 1. The summed E-state index contributed by atoms with van der Waals surface area (Å²) in [7, 11) is 1.75. The molecule has 0 amide bonds. The number of aromatic nitrogens is 4. The lowest BCUT2D eigenvalue weighted by atomic mass is 9.97. The van der Waals surface area contributed by atoms with E-state index in [9.17, 15) is 22.7 Å². The Morgan fingerprint density at radius 3 is 2.61 bits per heavy atom. The van der Waals surface area contributed by atoms with Gasteiger partial charge in [0, 0.05) is 30.8 Å². The number of halogens is 4. The maximum Gasteiger partial charge on any atom is 0.420 e. The first-order valence-corrected chi connectivity index (χ1v) is 13.3. The van der Waals surface area contributed by atoms with Gasteiger partial charge in [0.15, 0.2) is 11.4 Å². The Bertz CT molecular complexity index is 1710. The van der Waals surface area contributed by atoms with Crippen molar-refractivity contribution in [3.63, 3.8) is 0 Å². The fraction of sp³-hybridized carbons (Fsp3) is 0.300. The van der Waals surface area contributed by atoms with Crippen LogP contribution in [0.1, 0.15) is 30.4 Å². The van der Waals surface area contributed by atoms with E-state index in [0.29, 0.717) is 40.2 Å². The molecule has 0 spiro atoms. The quantitative estimate of drug-likeness (QED) is 0.238. The van der Waals surface area contributed by atoms with Crippen molar-refractivity contribution in [2.45, 2.75) is 38.0 Å². The van der Waals surface area contributed by atoms with Crippen LogP contribution in [0.5, 0.6) is 0 Å². The second kappa shape index (κ2) is 10.7. The molecule has 3 aromatic carbocycles. The standard InChI is InChI=1S/C30H27F4N5O2/c1-38-17-35-37-28(38)24-14-21(31)8-9-23(24)19-5-4-6-20(13-19)29-36-26-12-18(11-25(27(26)41-29)30(32,33)34)15-39-10-3-2-7-22(39)16-40/h4-6,8-9,11-14,17,22,40H,2-3,7,10,15-16H2,1H3/t22-/m0/s1. The summed E-state index contributed by atoms with van der Waals surface area (Å²) >= 11 is 0. The molecule has 1 aliphatic heterocycles. The number of nitrogens with zero attached hydrogens (tertiary/aromatic N) is 5. The Kier molecular flexibility index (Phi) is 7.08. The van der Waals surface area contributed by atoms with Crippen LogP contribution < -0.4 is 0 Å². The van der Waals surface area contributed by atoms with Gasteiger partial charge in [0.05, 0.1) is 6.61 Å². The predicted molar refractivity (Wildman–Crippen MR) is 145 cm³/mol. The number of benzene rings is 3. The Balaban J connectivity index is 1.41. The molecule has 1 atom stereocenters. The Hall–Kier alpha value is -4.09. The maximum absolute atomic E-state index is 14.2. The smallest absolute Gasteiger partial charge is 0.420 e. The van der Waals surface area contributed by atoms with Gasteiger partial charge in [0.1, 0.15) is 23.2 Å². The molecular formula is C30H27F4N5O2. The van der Waals surface area contributed by atoms with Gasteiger partial charge in [-0.25, -0.2) is 9.37 Å². The first kappa shape index (κ1) is 27.1. The SMILES string of the molecule is Cn1cnnc1-c1cc(F)ccc1-c1cccc(-c2nc3cc(CN4CCCC[C@H]4CO)cc(C(F)(F)F)c3o2)c1. The van der Waals surface area contributed by atoms with Gasteiger partial charge in [-0.2, -0.15) is 13.2 Å². The van der Waals surface area contributed by atoms with Gasteiger partial charge < -0.3 is 14.1 Å². The summed E-state index contributed by atoms with van der Waals surface area (Å²) in [6.07, 6.45) is -0.410. The summed E-state index contributed by atoms with van der Waals surface area (Å²) in [5, 5.41) is 17.7. The van der Waals surface area contributed by atoms with E-state index >= 15 is 0 Å². The second-order valence-electron chi connectivity index (χ2n) is 10.3. The fourth-order valence-electron chi connectivity index (χ4n) is 5.53. The highest BCUT2D eigenvalue weighted by molar-refractivity contribution is 5.84. The van der Waals surface area contributed by atoms with Crippen LogP contribution in [0.2, 0.25) is 0 Å². The second-order valence-corrected chi connectivity index (χ2v) is 10.3. The molecule has 1 N–H and O–H groups in total. The monoisotopic (exact) mass is 565 g/mol. The summed E-state index contributed by atoms with van der Waals surface area (Å²) in [5.41, 5.74) is 1.67. The molecule has 1 aliphatic rings. The summed E-state index contributed by atoms with van der Waals surface area (Å²) in [6, 6.07) is 14.0. The molecule has 212 valence electrons. The van der Waals surface area contributed by atoms with Gasteiger partial charge in [-0.05, 0) is 72.5 Å². The molecular weight excluding hydrogens is 538 g/mol. The molecule has 0 aliphatic carbocycles. The Labute approximate surface area is 233 Å². The minimum Gasteiger partial charge on any atom is -0.435 e. The number of oxazole rings is 1. The third-order valence-electron chi connectivity index (χ3n) is 7.56. The summed E-state index contributed by atoms with van der Waals surface area (Å²) in [6.45, 7) is 0.948. The van der Waals surface area contributed by atoms with Crippen molar-refractivity contribution >= 4 is 11.1 Å². The minimum absolute atomic E-state index is 0.0365. The van der Waals surface area contributed by atoms with Crippen molar-refractivity contribution < 1.29 is 27.1 Å². The molecule has 0 unspecified atom stereocenters. The highest BCUT2D eigenvalue weighted by Crippen LogP contribution is 2.39. The molecule has 5 aromatic rings. The molecule has 1 saturated heterocycles. The van der Waals surface area contributed by atoms with Crippen LogP contribution in [0, 0.1) is 5.82 Å². The van der Waals surface area contributed by atoms with Crippen molar-refractivity contribution in [1.29, 1.82) is 0 Å². The largest absolute Gasteiger partial charge is 0.435 e. The molecule has 2 aromatic heterocycles. The summed E-state index contributed by atoms with van der Waals surface area (Å²) in [5.74, 6) is 0.0662. The van der Waals surface area contributed by atoms with Crippen LogP contribution in [0.25, 0.3) is 45.1 Å². The molecule has 11 heteroatoms. The molecule has 6 rings (SSSR count). The average molecular weight is 566 g/mol. The topological polar surface area (TPSA) is 80.2 Å². The molecule has 0 bridgehead atoms. The number of aliphatic hydroxyl groups excluding tert-OH is 1. The van der Waals surface area contributed by atoms with E-state index in [1.165, 1.54) is 18.5 Å². The van der Waals surface area contributed by atoms with E-state index in [1.54, 1.807) is 41.9 Å². The van der Waals surface area contributed by atoms with Crippen molar-refractivity contribution in [2.24, 2.45) is 7.05 Å². The maximum atomic E-state index is 14.2. The van der Waals surface area contributed by atoms with Crippen molar-refractivity contribution in [3.05, 3.63) is 77.9 Å². The fourth-order valence-corrected chi connectivity index (χ4v) is 5.53. The Morgan fingerprint density at radius 2 is 1.85 bits per heavy atom. The van der Waals surface area contributed by atoms with Gasteiger partial charge in [-0.3, -0.25) is 4.90 Å². The lowest BCUT2D eigenvalue weighted by Crippen LogP contribution is -2.41. The van der Waals surface area contributed by atoms with E-state index in [0.717, 1.165) is 25.3 Å². The zero-order valence-corrected chi connectivity index (χ0v) is 22.2. The number of aliphatic hydroxyl groups is 1. The zero-order valence-electron chi connectivity index (χ0n) is 22.2. The van der Waals surface area contributed by atoms with E-state index in [2.05, 4.69) is 15.2 Å². The van der Waals surface area contributed by atoms with Gasteiger partial charge in [-0.1, -0.05) is 24.6 Å². The molecule has 0 radical (unpaired) electrons. The zero-order chi connectivity index (χ0) is 28.7. The lowest BCUT2D eigenvalue weighted by Gasteiger charge is -2.34. The lowest BCUT2D eigenvalue weighted by molar-refractivity contribution is -0.136. The van der Waals surface area contributed by atoms with Crippen LogP contribution in [0.15, 0.2) is 65.3 Å². The number of hydrogen-bond acceptors (Lipinski definition) is 6. The Morgan fingerprint density at radius 1 is 1.02 bits per heavy atom. The number of alkyl halides is 3. The van der Waals surface area contributed by atoms with Gasteiger partial charge in [0.25, 0.3) is 0 Å². The van der Waals surface area contributed by atoms with E-state index in [1.807, 2.05) is 11.0 Å². The predicted octanol–water partition coefficient (Wildman–Crippen LogP) is 6.46. The molecule has 0 saturated carbocycles. The first-order chi connectivity index (χ1) is 19.7. The number of piperidine rings is 1. The van der Waals surface area contributed by atoms with Crippen LogP contribution in [-0.2, 0) is 19.8 Å². The van der Waals surface area contributed by atoms with Crippen molar-refractivity contribution in [2.75, 3.05) is 13.2 Å². The van der Waals surface area contributed by atoms with Gasteiger partial charge in [-0.15, -0.1) is 10.2 Å². The van der Waals surface area contributed by atoms with E-state index in [4.69, 9.17) is 4.42 Å². The van der Waals surface area contributed by atoms with Crippen LogP contribution in [-0.4, -0.2) is 48.9 Å². The minimum atomic E-state index is -4.65. The highest BCUT2D eigenvalue weighted by atomic mass is 19.4. The molecule has 41 heavy (non-hydrogen) atoms. The number of aryl methyl sites for hydroxylation is 1. The summed E-state index contributed by atoms with van der Waals surface area (Å²) < 4.78 is 64.2. The number of rotatable bonds is 6. The molecule has 3 heterocycles. The number of hydrogen-bond donors (Lipinski definition) is 1.